The van der Waals surface area contributed by atoms with E-state index in [1.807, 2.05) is 31.2 Å². The molecule has 0 spiro atoms. The van der Waals surface area contributed by atoms with Crippen molar-refractivity contribution in [2.75, 3.05) is 31.5 Å². The molecule has 0 aliphatic carbocycles. The highest BCUT2D eigenvalue weighted by atomic mass is 16.2. The van der Waals surface area contributed by atoms with Crippen molar-refractivity contribution in [2.24, 2.45) is 0 Å². The second-order valence-corrected chi connectivity index (χ2v) is 6.72. The van der Waals surface area contributed by atoms with Crippen LogP contribution in [-0.2, 0) is 4.79 Å². The Labute approximate surface area is 158 Å². The molecule has 1 heterocycles. The highest BCUT2D eigenvalue weighted by Crippen LogP contribution is 2.16. The van der Waals surface area contributed by atoms with Gasteiger partial charge in [0.15, 0.2) is 0 Å². The first kappa shape index (κ1) is 18.6. The second-order valence-electron chi connectivity index (χ2n) is 6.72. The number of amides is 3. The molecule has 3 rings (SSSR count). The number of hydrogen-bond acceptors (Lipinski definition) is 3. The summed E-state index contributed by atoms with van der Waals surface area (Å²) >= 11 is 0. The Bertz CT molecular complexity index is 870. The lowest BCUT2D eigenvalue weighted by molar-refractivity contribution is -0.114. The van der Waals surface area contributed by atoms with Gasteiger partial charge in [-0.2, -0.15) is 0 Å². The van der Waals surface area contributed by atoms with Crippen LogP contribution >= 0.6 is 0 Å². The minimum absolute atomic E-state index is 0.00143. The summed E-state index contributed by atoms with van der Waals surface area (Å²) in [6, 6.07) is 14.4. The molecule has 0 bridgehead atoms. The molecule has 0 saturated carbocycles. The summed E-state index contributed by atoms with van der Waals surface area (Å²) in [6.45, 7) is 5.37. The van der Waals surface area contributed by atoms with Crippen molar-refractivity contribution in [3.63, 3.8) is 0 Å². The molecule has 1 saturated heterocycles. The Hall–Kier alpha value is -3.15. The number of rotatable bonds is 3. The Morgan fingerprint density at radius 1 is 0.815 bits per heavy atom. The molecule has 140 valence electrons. The molecule has 1 aliphatic rings. The van der Waals surface area contributed by atoms with Gasteiger partial charge in [0.25, 0.3) is 11.8 Å². The van der Waals surface area contributed by atoms with Gasteiger partial charge in [-0.25, -0.2) is 0 Å². The van der Waals surface area contributed by atoms with Crippen LogP contribution in [0.5, 0.6) is 0 Å². The zero-order valence-corrected chi connectivity index (χ0v) is 15.6. The Balaban J connectivity index is 1.62. The summed E-state index contributed by atoms with van der Waals surface area (Å²) in [5.74, 6) is -0.272. The average molecular weight is 365 g/mol. The van der Waals surface area contributed by atoms with Crippen molar-refractivity contribution >= 4 is 23.4 Å². The van der Waals surface area contributed by atoms with Crippen molar-refractivity contribution < 1.29 is 14.4 Å². The summed E-state index contributed by atoms with van der Waals surface area (Å²) in [7, 11) is 0. The Morgan fingerprint density at radius 2 is 1.33 bits per heavy atom. The van der Waals surface area contributed by atoms with Gasteiger partial charge >= 0.3 is 0 Å². The van der Waals surface area contributed by atoms with Crippen molar-refractivity contribution in [1.82, 2.24) is 9.80 Å². The van der Waals surface area contributed by atoms with E-state index < -0.39 is 0 Å². The zero-order chi connectivity index (χ0) is 19.4. The van der Waals surface area contributed by atoms with Crippen molar-refractivity contribution in [3.05, 3.63) is 65.2 Å². The van der Waals surface area contributed by atoms with Crippen LogP contribution in [0.3, 0.4) is 0 Å². The third-order valence-electron chi connectivity index (χ3n) is 4.55. The van der Waals surface area contributed by atoms with Gasteiger partial charge in [-0.05, 0) is 37.3 Å². The van der Waals surface area contributed by atoms with E-state index in [2.05, 4.69) is 5.32 Å². The van der Waals surface area contributed by atoms with Gasteiger partial charge in [-0.3, -0.25) is 14.4 Å². The normalized spacial score (nSPS) is 14.0. The molecule has 2 aromatic rings. The Kier molecular flexibility index (Phi) is 5.54. The Morgan fingerprint density at radius 3 is 1.85 bits per heavy atom. The highest BCUT2D eigenvalue weighted by Gasteiger charge is 2.25. The van der Waals surface area contributed by atoms with Crippen LogP contribution in [0.15, 0.2) is 48.5 Å². The maximum absolute atomic E-state index is 12.7. The van der Waals surface area contributed by atoms with Gasteiger partial charge in [-0.15, -0.1) is 0 Å². The molecule has 6 heteroatoms. The number of nitrogens with zero attached hydrogens (tertiary/aromatic N) is 2. The maximum Gasteiger partial charge on any atom is 0.254 e. The van der Waals surface area contributed by atoms with E-state index in [0.29, 0.717) is 43.0 Å². The molecule has 2 aromatic carbocycles. The highest BCUT2D eigenvalue weighted by molar-refractivity contribution is 5.97. The van der Waals surface area contributed by atoms with E-state index in [0.717, 1.165) is 5.56 Å². The third kappa shape index (κ3) is 4.53. The molecular formula is C21H23N3O3. The van der Waals surface area contributed by atoms with Gasteiger partial charge in [-0.1, -0.05) is 23.8 Å². The number of benzene rings is 2. The van der Waals surface area contributed by atoms with Gasteiger partial charge in [0, 0.05) is 49.9 Å². The third-order valence-corrected chi connectivity index (χ3v) is 4.55. The predicted molar refractivity (Wildman–Crippen MR) is 104 cm³/mol. The number of piperazine rings is 1. The van der Waals surface area contributed by atoms with Gasteiger partial charge in [0.1, 0.15) is 0 Å². The monoisotopic (exact) mass is 365 g/mol. The van der Waals surface area contributed by atoms with E-state index >= 15 is 0 Å². The van der Waals surface area contributed by atoms with Gasteiger partial charge in [0.2, 0.25) is 5.91 Å². The first-order valence-electron chi connectivity index (χ1n) is 8.97. The van der Waals surface area contributed by atoms with Crippen LogP contribution in [0.25, 0.3) is 0 Å². The quantitative estimate of drug-likeness (QED) is 0.909. The smallest absolute Gasteiger partial charge is 0.254 e. The maximum atomic E-state index is 12.7. The largest absolute Gasteiger partial charge is 0.335 e. The summed E-state index contributed by atoms with van der Waals surface area (Å²) < 4.78 is 0. The summed E-state index contributed by atoms with van der Waals surface area (Å²) in [6.07, 6.45) is 0. The molecule has 6 nitrogen and oxygen atoms in total. The van der Waals surface area contributed by atoms with E-state index in [1.54, 1.807) is 34.1 Å². The molecule has 27 heavy (non-hydrogen) atoms. The SMILES string of the molecule is CC(=O)Nc1cccc(C(=O)N2CCN(C(=O)c3cccc(C)c3)CC2)c1. The fourth-order valence-corrected chi connectivity index (χ4v) is 3.19. The van der Waals surface area contributed by atoms with Crippen molar-refractivity contribution in [3.8, 4) is 0 Å². The minimum Gasteiger partial charge on any atom is -0.335 e. The van der Waals surface area contributed by atoms with Gasteiger partial charge < -0.3 is 15.1 Å². The standard InChI is InChI=1S/C21H23N3O3/c1-15-5-3-6-17(13-15)20(26)23-9-11-24(12-10-23)21(27)18-7-4-8-19(14-18)22-16(2)25/h3-8,13-14H,9-12H2,1-2H3,(H,22,25). The van der Waals surface area contributed by atoms with Crippen LogP contribution in [0.1, 0.15) is 33.2 Å². The molecular weight excluding hydrogens is 342 g/mol. The molecule has 0 radical (unpaired) electrons. The van der Waals surface area contributed by atoms with Gasteiger partial charge in [0.05, 0.1) is 0 Å². The summed E-state index contributed by atoms with van der Waals surface area (Å²) in [5.41, 5.74) is 2.85. The molecule has 3 amide bonds. The van der Waals surface area contributed by atoms with E-state index in [4.69, 9.17) is 0 Å². The van der Waals surface area contributed by atoms with E-state index in [-0.39, 0.29) is 17.7 Å². The molecule has 0 atom stereocenters. The van der Waals surface area contributed by atoms with Crippen molar-refractivity contribution in [2.45, 2.75) is 13.8 Å². The number of anilines is 1. The fraction of sp³-hybridized carbons (Fsp3) is 0.286. The lowest BCUT2D eigenvalue weighted by Crippen LogP contribution is -2.50. The number of carbonyl (C=O) groups is 3. The van der Waals surface area contributed by atoms with Crippen LogP contribution in [-0.4, -0.2) is 53.7 Å². The molecule has 0 unspecified atom stereocenters. The van der Waals surface area contributed by atoms with Crippen LogP contribution < -0.4 is 5.32 Å². The van der Waals surface area contributed by atoms with E-state index in [1.165, 1.54) is 6.92 Å². The number of nitrogens with one attached hydrogen (secondary N) is 1. The summed E-state index contributed by atoms with van der Waals surface area (Å²) in [4.78, 5) is 40.1. The molecule has 1 aliphatic heterocycles. The van der Waals surface area contributed by atoms with Crippen LogP contribution in [0.2, 0.25) is 0 Å². The number of hydrogen-bond donors (Lipinski definition) is 1. The molecule has 0 aromatic heterocycles. The second kappa shape index (κ2) is 8.03. The molecule has 1 N–H and O–H groups in total. The zero-order valence-electron chi connectivity index (χ0n) is 15.6. The average Bonchev–Trinajstić information content (AvgIpc) is 2.66. The van der Waals surface area contributed by atoms with Crippen LogP contribution in [0.4, 0.5) is 5.69 Å². The predicted octanol–water partition coefficient (Wildman–Crippen LogP) is 2.55. The molecule has 1 fully saturated rings. The lowest BCUT2D eigenvalue weighted by atomic mass is 10.1. The minimum atomic E-state index is -0.178. The number of aryl methyl sites for hydroxylation is 1. The first-order valence-corrected chi connectivity index (χ1v) is 8.97. The summed E-state index contributed by atoms with van der Waals surface area (Å²) in [5, 5.41) is 2.69. The lowest BCUT2D eigenvalue weighted by Gasteiger charge is -2.35. The topological polar surface area (TPSA) is 69.7 Å². The van der Waals surface area contributed by atoms with Crippen molar-refractivity contribution in [1.29, 1.82) is 0 Å². The number of carbonyl (C=O) groups excluding carboxylic acids is 3. The first-order chi connectivity index (χ1) is 12.9. The van der Waals surface area contributed by atoms with E-state index in [9.17, 15) is 14.4 Å². The van der Waals surface area contributed by atoms with Crippen LogP contribution in [0, 0.1) is 6.92 Å². The fourth-order valence-electron chi connectivity index (χ4n) is 3.19.